The summed E-state index contributed by atoms with van der Waals surface area (Å²) in [6.45, 7) is 1.23. The highest BCUT2D eigenvalue weighted by atomic mass is 32.1. The maximum absolute atomic E-state index is 12.7. The van der Waals surface area contributed by atoms with Crippen LogP contribution in [0.25, 0.3) is 10.2 Å². The summed E-state index contributed by atoms with van der Waals surface area (Å²) in [4.78, 5) is 24.4. The van der Waals surface area contributed by atoms with E-state index in [0.29, 0.717) is 36.0 Å². The first kappa shape index (κ1) is 13.8. The highest BCUT2D eigenvalue weighted by molar-refractivity contribution is 7.17. The first-order chi connectivity index (χ1) is 10.7. The van der Waals surface area contributed by atoms with E-state index in [1.54, 1.807) is 0 Å². The number of nitrogens with zero attached hydrogens (tertiary/aromatic N) is 3. The van der Waals surface area contributed by atoms with Crippen molar-refractivity contribution >= 4 is 44.6 Å². The molecular weight excluding hydrogens is 318 g/mol. The quantitative estimate of drug-likeness (QED) is 0.747. The molecule has 4 rings (SSSR count). The van der Waals surface area contributed by atoms with Gasteiger partial charge in [0.05, 0.1) is 21.2 Å². The molecule has 0 aliphatic carbocycles. The molecule has 0 radical (unpaired) electrons. The number of anilines is 1. The Morgan fingerprint density at radius 1 is 1.27 bits per heavy atom. The van der Waals surface area contributed by atoms with Crippen molar-refractivity contribution in [1.29, 1.82) is 0 Å². The second-order valence-electron chi connectivity index (χ2n) is 5.20. The maximum Gasteiger partial charge on any atom is 0.226 e. The molecule has 0 amide bonds. The average molecular weight is 331 g/mol. The van der Waals surface area contributed by atoms with E-state index < -0.39 is 0 Å². The predicted molar refractivity (Wildman–Crippen MR) is 88.0 cm³/mol. The highest BCUT2D eigenvalue weighted by Crippen LogP contribution is 2.28. The summed E-state index contributed by atoms with van der Waals surface area (Å²) in [5.41, 5.74) is 1.25. The molecule has 0 saturated carbocycles. The lowest BCUT2D eigenvalue weighted by Crippen LogP contribution is -2.24. The molecule has 1 fully saturated rings. The summed E-state index contributed by atoms with van der Waals surface area (Å²) >= 11 is 2.90. The minimum atomic E-state index is -0.349. The Morgan fingerprint density at radius 2 is 2.18 bits per heavy atom. The van der Waals surface area contributed by atoms with Crippen molar-refractivity contribution in [2.45, 2.75) is 12.5 Å². The summed E-state index contributed by atoms with van der Waals surface area (Å²) in [7, 11) is 0. The zero-order chi connectivity index (χ0) is 15.1. The van der Waals surface area contributed by atoms with Crippen molar-refractivity contribution in [1.82, 2.24) is 9.97 Å². The fourth-order valence-electron chi connectivity index (χ4n) is 2.59. The van der Waals surface area contributed by atoms with Crippen LogP contribution in [0.15, 0.2) is 29.0 Å². The van der Waals surface area contributed by atoms with Crippen molar-refractivity contribution in [3.8, 4) is 0 Å². The van der Waals surface area contributed by atoms with Gasteiger partial charge in [-0.15, -0.1) is 22.7 Å². The summed E-state index contributed by atoms with van der Waals surface area (Å²) < 4.78 is 0.821. The van der Waals surface area contributed by atoms with Gasteiger partial charge >= 0.3 is 0 Å². The molecule has 5 nitrogen and oxygen atoms in total. The van der Waals surface area contributed by atoms with Crippen LogP contribution in [0, 0.1) is 0 Å². The van der Waals surface area contributed by atoms with Gasteiger partial charge in [-0.3, -0.25) is 4.79 Å². The molecule has 1 atom stereocenters. The Hall–Kier alpha value is -1.83. The first-order valence-electron chi connectivity index (χ1n) is 6.99. The Labute approximate surface area is 134 Å². The number of rotatable bonds is 3. The Balaban J connectivity index is 1.82. The summed E-state index contributed by atoms with van der Waals surface area (Å²) in [5.74, 6) is 0.466. The van der Waals surface area contributed by atoms with Crippen molar-refractivity contribution < 1.29 is 9.90 Å². The van der Waals surface area contributed by atoms with Crippen LogP contribution in [-0.2, 0) is 0 Å². The van der Waals surface area contributed by atoms with E-state index in [-0.39, 0.29) is 11.9 Å². The topological polar surface area (TPSA) is 66.3 Å². The minimum absolute atomic E-state index is 0.0640. The Morgan fingerprint density at radius 3 is 2.91 bits per heavy atom. The van der Waals surface area contributed by atoms with Gasteiger partial charge in [0.25, 0.3) is 0 Å². The molecule has 0 aromatic carbocycles. The number of carbonyl (C=O) groups excluding carboxylic acids is 1. The fourth-order valence-corrected chi connectivity index (χ4v) is 4.08. The molecule has 1 N–H and O–H groups in total. The van der Waals surface area contributed by atoms with Gasteiger partial charge in [0.15, 0.2) is 0 Å². The molecule has 3 aromatic rings. The first-order valence-corrected chi connectivity index (χ1v) is 8.75. The molecule has 1 aliphatic rings. The van der Waals surface area contributed by atoms with Crippen molar-refractivity contribution in [3.63, 3.8) is 0 Å². The van der Waals surface area contributed by atoms with Gasteiger partial charge in [0.1, 0.15) is 5.69 Å². The molecule has 1 saturated heterocycles. The van der Waals surface area contributed by atoms with Crippen LogP contribution < -0.4 is 4.90 Å². The van der Waals surface area contributed by atoms with E-state index in [1.807, 2.05) is 33.9 Å². The van der Waals surface area contributed by atoms with Gasteiger partial charge in [-0.25, -0.2) is 9.97 Å². The van der Waals surface area contributed by atoms with E-state index >= 15 is 0 Å². The third kappa shape index (κ3) is 2.31. The van der Waals surface area contributed by atoms with Gasteiger partial charge < -0.3 is 10.0 Å². The number of β-amino-alcohol motifs (C(OH)–C–C–N with tert-alkyl or cyclic N) is 1. The Bertz CT molecular complexity index is 829. The van der Waals surface area contributed by atoms with Gasteiger partial charge in [-0.1, -0.05) is 6.07 Å². The van der Waals surface area contributed by atoms with Gasteiger partial charge in [-0.05, 0) is 29.3 Å². The molecule has 112 valence electrons. The minimum Gasteiger partial charge on any atom is -0.391 e. The van der Waals surface area contributed by atoms with Crippen LogP contribution >= 0.6 is 22.7 Å². The van der Waals surface area contributed by atoms with Crippen LogP contribution in [-0.4, -0.2) is 40.1 Å². The third-order valence-electron chi connectivity index (χ3n) is 3.70. The van der Waals surface area contributed by atoms with Crippen LogP contribution in [0.1, 0.15) is 21.8 Å². The third-order valence-corrected chi connectivity index (χ3v) is 5.48. The van der Waals surface area contributed by atoms with E-state index in [4.69, 9.17) is 0 Å². The molecule has 7 heteroatoms. The molecule has 0 spiro atoms. The normalized spacial score (nSPS) is 18.2. The van der Waals surface area contributed by atoms with Crippen molar-refractivity contribution in [2.75, 3.05) is 18.0 Å². The second-order valence-corrected chi connectivity index (χ2v) is 7.07. The number of aromatic nitrogens is 2. The monoisotopic (exact) mass is 331 g/mol. The number of thiophene rings is 2. The lowest BCUT2D eigenvalue weighted by Gasteiger charge is -2.16. The van der Waals surface area contributed by atoms with Crippen LogP contribution in [0.5, 0.6) is 0 Å². The number of aliphatic hydroxyl groups excluding tert-OH is 1. The molecular formula is C15H13N3O2S2. The maximum atomic E-state index is 12.7. The Kier molecular flexibility index (Phi) is 3.40. The average Bonchev–Trinajstić information content (AvgIpc) is 3.26. The largest absolute Gasteiger partial charge is 0.391 e. The number of hydrogen-bond donors (Lipinski definition) is 1. The lowest BCUT2D eigenvalue weighted by atomic mass is 10.2. The van der Waals surface area contributed by atoms with E-state index in [1.165, 1.54) is 22.7 Å². The van der Waals surface area contributed by atoms with E-state index in [2.05, 4.69) is 9.97 Å². The molecule has 3 aromatic heterocycles. The number of carbonyl (C=O) groups is 1. The number of ketones is 1. The molecule has 1 aliphatic heterocycles. The smallest absolute Gasteiger partial charge is 0.226 e. The summed E-state index contributed by atoms with van der Waals surface area (Å²) in [6.07, 6.45) is 0.359. The lowest BCUT2D eigenvalue weighted by molar-refractivity contribution is 0.103. The van der Waals surface area contributed by atoms with Gasteiger partial charge in [-0.2, -0.15) is 0 Å². The van der Waals surface area contributed by atoms with E-state index in [0.717, 1.165) is 10.2 Å². The zero-order valence-corrected chi connectivity index (χ0v) is 13.2. The van der Waals surface area contributed by atoms with Gasteiger partial charge in [0, 0.05) is 13.1 Å². The standard InChI is InChI=1S/C15H13N3O2S2/c19-9-3-5-18(8-9)15-16-10-4-7-22-14(10)12(17-15)13(20)11-2-1-6-21-11/h1-2,4,6-7,9,19H,3,5,8H2. The predicted octanol–water partition coefficient (Wildman–Crippen LogP) is 2.55. The zero-order valence-electron chi connectivity index (χ0n) is 11.6. The second kappa shape index (κ2) is 5.42. The van der Waals surface area contributed by atoms with Crippen molar-refractivity contribution in [3.05, 3.63) is 39.5 Å². The highest BCUT2D eigenvalue weighted by Gasteiger charge is 2.25. The van der Waals surface area contributed by atoms with E-state index in [9.17, 15) is 9.90 Å². The number of hydrogen-bond acceptors (Lipinski definition) is 7. The summed E-state index contributed by atoms with van der Waals surface area (Å²) in [5, 5.41) is 13.5. The number of fused-ring (bicyclic) bond motifs is 1. The fraction of sp³-hybridized carbons (Fsp3) is 0.267. The van der Waals surface area contributed by atoms with Crippen molar-refractivity contribution in [2.24, 2.45) is 0 Å². The summed E-state index contributed by atoms with van der Waals surface area (Å²) in [6, 6.07) is 5.58. The SMILES string of the molecule is O=C(c1cccs1)c1nc(N2CCC(O)C2)nc2ccsc12. The van der Waals surface area contributed by atoms with Crippen LogP contribution in [0.3, 0.4) is 0 Å². The van der Waals surface area contributed by atoms with Crippen LogP contribution in [0.4, 0.5) is 5.95 Å². The molecule has 1 unspecified atom stereocenters. The number of aliphatic hydroxyl groups is 1. The molecule has 0 bridgehead atoms. The molecule has 4 heterocycles. The van der Waals surface area contributed by atoms with Gasteiger partial charge in [0.2, 0.25) is 11.7 Å². The molecule has 22 heavy (non-hydrogen) atoms. The van der Waals surface area contributed by atoms with Crippen LogP contribution in [0.2, 0.25) is 0 Å².